The van der Waals surface area contributed by atoms with Crippen LogP contribution in [-0.4, -0.2) is 0 Å². The van der Waals surface area contributed by atoms with Crippen LogP contribution in [0.4, 0.5) is 0 Å². The number of unbranched alkanes of at least 4 members (excludes halogenated alkanes) is 2. The van der Waals surface area contributed by atoms with E-state index in [9.17, 15) is 0 Å². The minimum Gasteiger partial charge on any atom is -0.372 e. The van der Waals surface area contributed by atoms with Gasteiger partial charge in [0.2, 0.25) is 0 Å². The molecule has 0 N–H and O–H groups in total. The second-order valence-corrected chi connectivity index (χ2v) is 5.59. The molecule has 2 rings (SSSR count). The van der Waals surface area contributed by atoms with Crippen molar-refractivity contribution < 1.29 is 4.74 Å². The lowest BCUT2D eigenvalue weighted by molar-refractivity contribution is 0.134. The minimum atomic E-state index is 0.505. The molecule has 0 radical (unpaired) electrons. The molecule has 1 aromatic carbocycles. The summed E-state index contributed by atoms with van der Waals surface area (Å²) in [6.07, 6.45) is 5.15. The highest BCUT2D eigenvalue weighted by atomic mass is 79.9. The van der Waals surface area contributed by atoms with E-state index in [0.717, 1.165) is 13.2 Å². The molecule has 0 bridgehead atoms. The van der Waals surface area contributed by atoms with E-state index < -0.39 is 0 Å². The van der Waals surface area contributed by atoms with Crippen LogP contribution in [0, 0.1) is 0 Å². The van der Waals surface area contributed by atoms with Crippen molar-refractivity contribution in [2.24, 2.45) is 0 Å². The van der Waals surface area contributed by atoms with Crippen LogP contribution in [0.2, 0.25) is 0 Å². The van der Waals surface area contributed by atoms with E-state index in [0.29, 0.717) is 4.83 Å². The maximum atomic E-state index is 5.43. The fourth-order valence-electron chi connectivity index (χ4n) is 2.13. The van der Waals surface area contributed by atoms with Crippen LogP contribution in [0.1, 0.15) is 54.1 Å². The third-order valence-corrected chi connectivity index (χ3v) is 4.15. The highest BCUT2D eigenvalue weighted by Gasteiger charge is 2.14. The molecule has 1 atom stereocenters. The largest absolute Gasteiger partial charge is 0.372 e. The second-order valence-electron chi connectivity index (χ2n) is 4.48. The monoisotopic (exact) mass is 282 g/mol. The molecule has 0 fully saturated rings. The normalized spacial score (nSPS) is 16.1. The van der Waals surface area contributed by atoms with Gasteiger partial charge >= 0.3 is 0 Å². The smallest absolute Gasteiger partial charge is 0.0725 e. The van der Waals surface area contributed by atoms with E-state index in [4.69, 9.17) is 4.74 Å². The first kappa shape index (κ1) is 12.1. The van der Waals surface area contributed by atoms with Gasteiger partial charge in [0.25, 0.3) is 0 Å². The van der Waals surface area contributed by atoms with Crippen LogP contribution in [0.3, 0.4) is 0 Å². The lowest BCUT2D eigenvalue weighted by atomic mass is 10.0. The fraction of sp³-hybridized carbons (Fsp3) is 0.571. The van der Waals surface area contributed by atoms with Crippen molar-refractivity contribution >= 4 is 15.9 Å². The van der Waals surface area contributed by atoms with Gasteiger partial charge in [0.05, 0.1) is 13.2 Å². The standard InChI is InChI=1S/C14H19BrO/c1-2-3-4-5-14(15)11-6-7-12-9-16-10-13(12)8-11/h6-8,14H,2-5,9-10H2,1H3. The summed E-state index contributed by atoms with van der Waals surface area (Å²) in [5.74, 6) is 0. The number of hydrogen-bond donors (Lipinski definition) is 0. The van der Waals surface area contributed by atoms with Gasteiger partial charge in [-0.3, -0.25) is 0 Å². The molecule has 1 unspecified atom stereocenters. The van der Waals surface area contributed by atoms with Crippen molar-refractivity contribution in [3.05, 3.63) is 34.9 Å². The first-order valence-electron chi connectivity index (χ1n) is 6.14. The van der Waals surface area contributed by atoms with Gasteiger partial charge < -0.3 is 4.74 Å². The summed E-state index contributed by atoms with van der Waals surface area (Å²) in [5.41, 5.74) is 4.13. The number of halogens is 1. The molecule has 0 amide bonds. The van der Waals surface area contributed by atoms with Crippen LogP contribution in [0.25, 0.3) is 0 Å². The van der Waals surface area contributed by atoms with E-state index >= 15 is 0 Å². The van der Waals surface area contributed by atoms with Gasteiger partial charge in [0.1, 0.15) is 0 Å². The molecule has 1 aliphatic rings. The van der Waals surface area contributed by atoms with E-state index in [1.165, 1.54) is 42.4 Å². The van der Waals surface area contributed by atoms with Gasteiger partial charge in [0.15, 0.2) is 0 Å². The number of benzene rings is 1. The third-order valence-electron chi connectivity index (χ3n) is 3.17. The van der Waals surface area contributed by atoms with Gasteiger partial charge in [-0.2, -0.15) is 0 Å². The Bertz CT molecular complexity index is 349. The predicted molar refractivity (Wildman–Crippen MR) is 70.7 cm³/mol. The summed E-state index contributed by atoms with van der Waals surface area (Å²) in [6.45, 7) is 3.83. The van der Waals surface area contributed by atoms with Crippen LogP contribution in [0.5, 0.6) is 0 Å². The Hall–Kier alpha value is -0.340. The topological polar surface area (TPSA) is 9.23 Å². The first-order chi connectivity index (χ1) is 7.81. The second kappa shape index (κ2) is 5.83. The highest BCUT2D eigenvalue weighted by molar-refractivity contribution is 9.09. The number of rotatable bonds is 5. The molecule has 1 heterocycles. The first-order valence-corrected chi connectivity index (χ1v) is 7.06. The maximum absolute atomic E-state index is 5.43. The predicted octanol–water partition coefficient (Wildman–Crippen LogP) is 4.73. The summed E-state index contributed by atoms with van der Waals surface area (Å²) >= 11 is 3.78. The summed E-state index contributed by atoms with van der Waals surface area (Å²) in [5, 5.41) is 0. The zero-order valence-electron chi connectivity index (χ0n) is 9.84. The Balaban J connectivity index is 1.98. The molecule has 0 spiro atoms. The molecule has 0 saturated heterocycles. The Morgan fingerprint density at radius 1 is 1.25 bits per heavy atom. The number of alkyl halides is 1. The van der Waals surface area contributed by atoms with Crippen molar-refractivity contribution in [1.82, 2.24) is 0 Å². The zero-order valence-corrected chi connectivity index (χ0v) is 11.4. The molecule has 1 nitrogen and oxygen atoms in total. The van der Waals surface area contributed by atoms with Gasteiger partial charge in [0, 0.05) is 4.83 Å². The van der Waals surface area contributed by atoms with Crippen LogP contribution in [0.15, 0.2) is 18.2 Å². The summed E-state index contributed by atoms with van der Waals surface area (Å²) in [4.78, 5) is 0.505. The van der Waals surface area contributed by atoms with E-state index in [2.05, 4.69) is 41.1 Å². The van der Waals surface area contributed by atoms with E-state index in [1.54, 1.807) is 0 Å². The molecule has 16 heavy (non-hydrogen) atoms. The Labute approximate surface area is 106 Å². The van der Waals surface area contributed by atoms with Gasteiger partial charge in [-0.1, -0.05) is 60.3 Å². The zero-order chi connectivity index (χ0) is 11.4. The van der Waals surface area contributed by atoms with Crippen molar-refractivity contribution in [1.29, 1.82) is 0 Å². The minimum absolute atomic E-state index is 0.505. The molecule has 0 aromatic heterocycles. The fourth-order valence-corrected chi connectivity index (χ4v) is 2.74. The summed E-state index contributed by atoms with van der Waals surface area (Å²) in [7, 11) is 0. The van der Waals surface area contributed by atoms with Crippen LogP contribution in [-0.2, 0) is 18.0 Å². The third kappa shape index (κ3) is 2.86. The average Bonchev–Trinajstić information content (AvgIpc) is 2.76. The van der Waals surface area contributed by atoms with E-state index in [-0.39, 0.29) is 0 Å². The maximum Gasteiger partial charge on any atom is 0.0725 e. The average molecular weight is 283 g/mol. The van der Waals surface area contributed by atoms with Crippen molar-refractivity contribution in [3.63, 3.8) is 0 Å². The van der Waals surface area contributed by atoms with Gasteiger partial charge in [-0.15, -0.1) is 0 Å². The molecule has 2 heteroatoms. The molecule has 1 aliphatic heterocycles. The Kier molecular flexibility index (Phi) is 4.42. The van der Waals surface area contributed by atoms with Gasteiger partial charge in [-0.25, -0.2) is 0 Å². The van der Waals surface area contributed by atoms with Gasteiger partial charge in [-0.05, 0) is 23.1 Å². The molecule has 1 aromatic rings. The molecule has 0 aliphatic carbocycles. The van der Waals surface area contributed by atoms with Crippen molar-refractivity contribution in [3.8, 4) is 0 Å². The number of fused-ring (bicyclic) bond motifs is 1. The van der Waals surface area contributed by atoms with Crippen LogP contribution >= 0.6 is 15.9 Å². The Morgan fingerprint density at radius 3 is 2.88 bits per heavy atom. The number of ether oxygens (including phenoxy) is 1. The lowest BCUT2D eigenvalue weighted by Gasteiger charge is -2.11. The highest BCUT2D eigenvalue weighted by Crippen LogP contribution is 2.31. The SMILES string of the molecule is CCCCCC(Br)c1ccc2c(c1)COC2. The quantitative estimate of drug-likeness (QED) is 0.560. The summed E-state index contributed by atoms with van der Waals surface area (Å²) in [6, 6.07) is 6.75. The summed E-state index contributed by atoms with van der Waals surface area (Å²) < 4.78 is 5.43. The van der Waals surface area contributed by atoms with Crippen LogP contribution < -0.4 is 0 Å². The number of hydrogen-bond acceptors (Lipinski definition) is 1. The molecular weight excluding hydrogens is 264 g/mol. The van der Waals surface area contributed by atoms with Crippen molar-refractivity contribution in [2.75, 3.05) is 0 Å². The van der Waals surface area contributed by atoms with E-state index in [1.807, 2.05) is 0 Å². The molecule has 88 valence electrons. The lowest BCUT2D eigenvalue weighted by Crippen LogP contribution is -1.93. The molecule has 0 saturated carbocycles. The molecular formula is C14H19BrO. The Morgan fingerprint density at radius 2 is 2.06 bits per heavy atom. The van der Waals surface area contributed by atoms with Crippen molar-refractivity contribution in [2.45, 2.75) is 50.6 Å².